The molecule has 0 amide bonds. The maximum absolute atomic E-state index is 13.2. The van der Waals surface area contributed by atoms with Crippen LogP contribution < -0.4 is 0 Å². The number of hydrogen-bond donors (Lipinski definition) is 1. The maximum atomic E-state index is 13.2. The van der Waals surface area contributed by atoms with Gasteiger partial charge in [0.25, 0.3) is 0 Å². The Morgan fingerprint density at radius 3 is 2.19 bits per heavy atom. The number of esters is 5. The lowest BCUT2D eigenvalue weighted by molar-refractivity contribution is -0.293. The second-order valence-electron chi connectivity index (χ2n) is 16.2. The van der Waals surface area contributed by atoms with E-state index in [1.54, 1.807) is 0 Å². The number of rotatable bonds is 8. The predicted octanol–water partition coefficient (Wildman–Crippen LogP) is 2.39. The topological polar surface area (TPSA) is 192 Å². The molecule has 0 radical (unpaired) electrons. The fourth-order valence-corrected chi connectivity index (χ4v) is 11.3. The number of hydrogen-bond acceptors (Lipinski definition) is 15. The Balaban J connectivity index is 1.33. The van der Waals surface area contributed by atoms with E-state index in [9.17, 15) is 29.1 Å². The van der Waals surface area contributed by atoms with Gasteiger partial charge in [0.1, 0.15) is 48.3 Å². The van der Waals surface area contributed by atoms with Crippen LogP contribution in [0.15, 0.2) is 23.3 Å². The lowest BCUT2D eigenvalue weighted by atomic mass is 9.42. The molecule has 15 heteroatoms. The summed E-state index contributed by atoms with van der Waals surface area (Å²) in [4.78, 5) is 63.1. The summed E-state index contributed by atoms with van der Waals surface area (Å²) in [6.45, 7) is 10.8. The van der Waals surface area contributed by atoms with Gasteiger partial charge in [-0.1, -0.05) is 25.5 Å². The van der Waals surface area contributed by atoms with Crippen molar-refractivity contribution in [2.24, 2.45) is 22.7 Å². The number of carbonyl (C=O) groups excluding carboxylic acids is 5. The number of epoxide rings is 1. The molecule has 292 valence electrons. The molecule has 4 aliphatic carbocycles. The first-order chi connectivity index (χ1) is 24.9. The second-order valence-corrected chi connectivity index (χ2v) is 16.2. The normalized spacial score (nSPS) is 46.6. The molecular formula is C38H50O15. The smallest absolute Gasteiger partial charge is 0.331 e. The van der Waals surface area contributed by atoms with Crippen LogP contribution in [0, 0.1) is 22.7 Å². The maximum Gasteiger partial charge on any atom is 0.331 e. The van der Waals surface area contributed by atoms with Crippen molar-refractivity contribution in [3.63, 3.8) is 0 Å². The first-order valence-corrected chi connectivity index (χ1v) is 18.4. The van der Waals surface area contributed by atoms with Crippen LogP contribution in [0.25, 0.3) is 0 Å². The van der Waals surface area contributed by atoms with E-state index in [2.05, 4.69) is 0 Å². The molecule has 3 saturated carbocycles. The highest BCUT2D eigenvalue weighted by molar-refractivity contribution is 5.85. The van der Waals surface area contributed by atoms with E-state index in [1.807, 2.05) is 26.8 Å². The molecule has 7 aliphatic rings. The van der Waals surface area contributed by atoms with Crippen LogP contribution in [-0.2, 0) is 66.6 Å². The van der Waals surface area contributed by atoms with Gasteiger partial charge in [-0.3, -0.25) is 19.2 Å². The van der Waals surface area contributed by atoms with Crippen LogP contribution in [0.4, 0.5) is 0 Å². The number of fused-ring (bicyclic) bond motifs is 3. The van der Waals surface area contributed by atoms with E-state index in [0.29, 0.717) is 24.8 Å². The summed E-state index contributed by atoms with van der Waals surface area (Å²) in [6, 6.07) is 0. The largest absolute Gasteiger partial charge is 0.459 e. The molecule has 53 heavy (non-hydrogen) atoms. The van der Waals surface area contributed by atoms with Crippen LogP contribution in [0.3, 0.4) is 0 Å². The predicted molar refractivity (Wildman–Crippen MR) is 178 cm³/mol. The third kappa shape index (κ3) is 5.75. The molecule has 3 aliphatic heterocycles. The summed E-state index contributed by atoms with van der Waals surface area (Å²) in [7, 11) is 1.52. The van der Waals surface area contributed by atoms with Gasteiger partial charge >= 0.3 is 29.8 Å². The molecule has 5 fully saturated rings. The molecule has 15 nitrogen and oxygen atoms in total. The van der Waals surface area contributed by atoms with Gasteiger partial charge in [0.15, 0.2) is 12.4 Å². The molecule has 0 aromatic rings. The van der Waals surface area contributed by atoms with Gasteiger partial charge < -0.3 is 47.7 Å². The highest BCUT2D eigenvalue weighted by Gasteiger charge is 2.89. The van der Waals surface area contributed by atoms with Gasteiger partial charge in [-0.15, -0.1) is 0 Å². The van der Waals surface area contributed by atoms with E-state index in [-0.39, 0.29) is 25.6 Å². The fraction of sp³-hybridized carbons (Fsp3) is 0.763. The van der Waals surface area contributed by atoms with Gasteiger partial charge in [-0.2, -0.15) is 0 Å². The van der Waals surface area contributed by atoms with Crippen molar-refractivity contribution < 1.29 is 71.7 Å². The molecule has 15 atom stereocenters. The van der Waals surface area contributed by atoms with Crippen LogP contribution in [-0.4, -0.2) is 115 Å². The van der Waals surface area contributed by atoms with E-state index in [0.717, 1.165) is 5.57 Å². The monoisotopic (exact) mass is 746 g/mol. The number of cyclic esters (lactones) is 1. The van der Waals surface area contributed by atoms with Crippen molar-refractivity contribution in [3.8, 4) is 0 Å². The average Bonchev–Trinajstić information content (AvgIpc) is 3.50. The molecule has 2 saturated heterocycles. The summed E-state index contributed by atoms with van der Waals surface area (Å²) in [5.41, 5.74) is -3.58. The number of methoxy groups -OCH3 is 1. The second kappa shape index (κ2) is 13.1. The van der Waals surface area contributed by atoms with Crippen molar-refractivity contribution in [1.29, 1.82) is 0 Å². The Morgan fingerprint density at radius 1 is 0.925 bits per heavy atom. The molecular weight excluding hydrogens is 696 g/mol. The van der Waals surface area contributed by atoms with Crippen molar-refractivity contribution in [2.75, 3.05) is 13.7 Å². The molecule has 0 unspecified atom stereocenters. The molecule has 3 heterocycles. The third-order valence-electron chi connectivity index (χ3n) is 13.2. The van der Waals surface area contributed by atoms with Crippen LogP contribution in [0.5, 0.6) is 0 Å². The summed E-state index contributed by atoms with van der Waals surface area (Å²) >= 11 is 0. The minimum atomic E-state index is -1.61. The Morgan fingerprint density at radius 2 is 1.58 bits per heavy atom. The zero-order valence-corrected chi connectivity index (χ0v) is 31.4. The first kappa shape index (κ1) is 37.9. The summed E-state index contributed by atoms with van der Waals surface area (Å²) < 4.78 is 54.3. The standard InChI is InChI=1S/C38H50O15/c1-17-11-26(45-8)30(49-19(3)40)34(47-17)52-25-13-23-14-28-38(53-28)32(35(23,6)15-27(25)48-18(2)39)31(50-20(4)41)33(51-21(5)42)36(7)24(9-10-37(36,38)44)22-12-29(43)46-16-22/h12-13,17,24-28,30-34,44H,9-11,14-16H2,1-8H3/t17-,24-,25-,26-,27-,28+,30+,31+,32-,33+,34+,35+,36+,37-,38+/m1/s1. The van der Waals surface area contributed by atoms with Crippen molar-refractivity contribution in [2.45, 2.75) is 147 Å². The Hall–Kier alpha value is -3.37. The molecule has 0 aromatic carbocycles. The Kier molecular flexibility index (Phi) is 9.40. The summed E-state index contributed by atoms with van der Waals surface area (Å²) in [5, 5.41) is 13.2. The molecule has 0 aromatic heterocycles. The highest BCUT2D eigenvalue weighted by Crippen LogP contribution is 2.78. The van der Waals surface area contributed by atoms with E-state index in [1.165, 1.54) is 40.9 Å². The van der Waals surface area contributed by atoms with E-state index >= 15 is 0 Å². The van der Waals surface area contributed by atoms with Gasteiger partial charge in [-0.05, 0) is 44.1 Å². The van der Waals surface area contributed by atoms with Crippen LogP contribution in [0.2, 0.25) is 0 Å². The van der Waals surface area contributed by atoms with Crippen LogP contribution in [0.1, 0.15) is 80.6 Å². The minimum absolute atomic E-state index is 0.0316. The number of ether oxygens (including phenoxy) is 9. The fourth-order valence-electron chi connectivity index (χ4n) is 11.3. The zero-order chi connectivity index (χ0) is 38.4. The van der Waals surface area contributed by atoms with Gasteiger partial charge in [0, 0.05) is 64.0 Å². The van der Waals surface area contributed by atoms with E-state index < -0.39 is 113 Å². The molecule has 1 spiro atoms. The first-order valence-electron chi connectivity index (χ1n) is 18.4. The Labute approximate surface area is 307 Å². The van der Waals surface area contributed by atoms with Crippen molar-refractivity contribution >= 4 is 29.8 Å². The summed E-state index contributed by atoms with van der Waals surface area (Å²) in [5.74, 6) is -4.11. The summed E-state index contributed by atoms with van der Waals surface area (Å²) in [6.07, 6.45) is -2.43. The molecule has 7 rings (SSSR count). The van der Waals surface area contributed by atoms with Crippen molar-refractivity contribution in [3.05, 3.63) is 23.3 Å². The van der Waals surface area contributed by atoms with Gasteiger partial charge in [0.05, 0.1) is 12.2 Å². The minimum Gasteiger partial charge on any atom is -0.459 e. The molecule has 1 N–H and O–H groups in total. The third-order valence-corrected chi connectivity index (χ3v) is 13.2. The van der Waals surface area contributed by atoms with Crippen LogP contribution >= 0.6 is 0 Å². The zero-order valence-electron chi connectivity index (χ0n) is 31.4. The van der Waals surface area contributed by atoms with E-state index in [4.69, 9.17) is 42.6 Å². The lowest BCUT2D eigenvalue weighted by Gasteiger charge is -2.64. The van der Waals surface area contributed by atoms with Crippen molar-refractivity contribution in [1.82, 2.24) is 0 Å². The number of aliphatic hydroxyl groups is 1. The molecule has 0 bridgehead atoms. The van der Waals surface area contributed by atoms with Gasteiger partial charge in [0.2, 0.25) is 0 Å². The average molecular weight is 747 g/mol. The lowest BCUT2D eigenvalue weighted by Crippen LogP contribution is -2.77. The Bertz CT molecular complexity index is 1640. The number of carbonyl (C=O) groups is 5. The quantitative estimate of drug-likeness (QED) is 0.165. The highest BCUT2D eigenvalue weighted by atomic mass is 16.7. The SMILES string of the molecule is CO[C@@H]1C[C@@H](C)O[C@@H](O[C@@H]2C=C3C[C@@H]4O[C@]45[C@H]([C@H](OC(C)=O)[C@H](OC(C)=O)[C@]4(C)[C@@H](C6=CC(=O)OC6)CC[C@@]45O)[C@@]3(C)C[C@H]2OC(C)=O)[C@H]1OC(C)=O. The van der Waals surface area contributed by atoms with Gasteiger partial charge in [-0.25, -0.2) is 4.79 Å².